The van der Waals surface area contributed by atoms with Gasteiger partial charge in [-0.3, -0.25) is 4.90 Å². The van der Waals surface area contributed by atoms with Crippen LogP contribution in [-0.2, 0) is 6.54 Å². The molecular formula is C15H24ClNO2. The quantitative estimate of drug-likeness (QED) is 0.824. The summed E-state index contributed by atoms with van der Waals surface area (Å²) in [6.45, 7) is 9.49. The molecule has 108 valence electrons. The number of phenolic OH excluding ortho intramolecular Hbond substituents is 1. The molecular weight excluding hydrogens is 262 g/mol. The summed E-state index contributed by atoms with van der Waals surface area (Å²) in [7, 11) is 1.53. The monoisotopic (exact) mass is 285 g/mol. The van der Waals surface area contributed by atoms with E-state index in [1.165, 1.54) is 13.5 Å². The first-order chi connectivity index (χ1) is 9.01. The maximum Gasteiger partial charge on any atom is 0.176 e. The highest BCUT2D eigenvalue weighted by Gasteiger charge is 2.12. The molecule has 0 amide bonds. The van der Waals surface area contributed by atoms with Crippen LogP contribution in [0, 0.1) is 5.92 Å². The molecule has 0 aliphatic carbocycles. The van der Waals surface area contributed by atoms with Crippen molar-refractivity contribution in [2.75, 3.05) is 20.2 Å². The number of nitrogens with zero attached hydrogens (tertiary/aromatic N) is 1. The average molecular weight is 286 g/mol. The largest absolute Gasteiger partial charge is 0.503 e. The molecule has 0 aliphatic rings. The highest BCUT2D eigenvalue weighted by Crippen LogP contribution is 2.35. The number of methoxy groups -OCH3 is 1. The Kier molecular flexibility index (Phi) is 6.46. The van der Waals surface area contributed by atoms with E-state index in [4.69, 9.17) is 16.3 Å². The summed E-state index contributed by atoms with van der Waals surface area (Å²) < 4.78 is 5.13. The van der Waals surface area contributed by atoms with Crippen LogP contribution in [0.25, 0.3) is 0 Å². The highest BCUT2D eigenvalue weighted by molar-refractivity contribution is 6.32. The number of phenols is 1. The van der Waals surface area contributed by atoms with Gasteiger partial charge in [-0.15, -0.1) is 0 Å². The second-order valence-electron chi connectivity index (χ2n) is 4.97. The molecule has 1 atom stereocenters. The Bertz CT molecular complexity index is 409. The predicted octanol–water partition coefficient (Wildman–Crippen LogP) is 3.92. The van der Waals surface area contributed by atoms with Gasteiger partial charge in [0.25, 0.3) is 0 Å². The van der Waals surface area contributed by atoms with Gasteiger partial charge in [0.15, 0.2) is 11.5 Å². The smallest absolute Gasteiger partial charge is 0.176 e. The van der Waals surface area contributed by atoms with E-state index in [9.17, 15) is 5.11 Å². The van der Waals surface area contributed by atoms with Gasteiger partial charge in [-0.1, -0.05) is 38.8 Å². The second kappa shape index (κ2) is 7.61. The Morgan fingerprint density at radius 3 is 2.58 bits per heavy atom. The lowest BCUT2D eigenvalue weighted by atomic mass is 10.1. The molecule has 0 aliphatic heterocycles. The minimum atomic E-state index is 0.0119. The van der Waals surface area contributed by atoms with Gasteiger partial charge in [0.2, 0.25) is 0 Å². The standard InChI is InChI=1S/C15H24ClNO2/c1-5-11(3)9-17(6-2)10-12-7-13(16)15(18)14(8-12)19-4/h7-8,11,18H,5-6,9-10H2,1-4H3. The molecule has 19 heavy (non-hydrogen) atoms. The molecule has 1 aromatic rings. The maximum atomic E-state index is 9.73. The summed E-state index contributed by atoms with van der Waals surface area (Å²) in [6.07, 6.45) is 1.18. The fourth-order valence-electron chi connectivity index (χ4n) is 2.01. The number of ether oxygens (including phenoxy) is 1. The van der Waals surface area contributed by atoms with E-state index in [1.54, 1.807) is 6.07 Å². The summed E-state index contributed by atoms with van der Waals surface area (Å²) in [4.78, 5) is 2.37. The van der Waals surface area contributed by atoms with Crippen LogP contribution in [0.5, 0.6) is 11.5 Å². The Morgan fingerprint density at radius 2 is 2.05 bits per heavy atom. The first kappa shape index (κ1) is 16.1. The SMILES string of the molecule is CCC(C)CN(CC)Cc1cc(Cl)c(O)c(OC)c1. The third-order valence-electron chi connectivity index (χ3n) is 3.43. The van der Waals surface area contributed by atoms with Gasteiger partial charge in [-0.2, -0.15) is 0 Å². The van der Waals surface area contributed by atoms with Crippen LogP contribution in [0.4, 0.5) is 0 Å². The lowest BCUT2D eigenvalue weighted by Crippen LogP contribution is -2.27. The predicted molar refractivity (Wildman–Crippen MR) is 80.1 cm³/mol. The van der Waals surface area contributed by atoms with Crippen molar-refractivity contribution in [1.82, 2.24) is 4.90 Å². The molecule has 1 rings (SSSR count). The van der Waals surface area contributed by atoms with Crippen LogP contribution in [0.1, 0.15) is 32.8 Å². The summed E-state index contributed by atoms with van der Waals surface area (Å²) in [5, 5.41) is 10.1. The summed E-state index contributed by atoms with van der Waals surface area (Å²) in [6, 6.07) is 3.65. The maximum absolute atomic E-state index is 9.73. The van der Waals surface area contributed by atoms with Crippen LogP contribution in [-0.4, -0.2) is 30.2 Å². The van der Waals surface area contributed by atoms with E-state index in [-0.39, 0.29) is 5.75 Å². The number of hydrogen-bond donors (Lipinski definition) is 1. The van der Waals surface area contributed by atoms with Crippen LogP contribution in [0.15, 0.2) is 12.1 Å². The van der Waals surface area contributed by atoms with Crippen molar-refractivity contribution < 1.29 is 9.84 Å². The zero-order valence-electron chi connectivity index (χ0n) is 12.2. The summed E-state index contributed by atoms with van der Waals surface area (Å²) in [5.41, 5.74) is 1.06. The summed E-state index contributed by atoms with van der Waals surface area (Å²) in [5.74, 6) is 1.12. The molecule has 0 aromatic heterocycles. The van der Waals surface area contributed by atoms with Gasteiger partial charge in [-0.05, 0) is 30.2 Å². The fourth-order valence-corrected chi connectivity index (χ4v) is 2.24. The molecule has 0 saturated heterocycles. The van der Waals surface area contributed by atoms with Crippen LogP contribution in [0.3, 0.4) is 0 Å². The Hall–Kier alpha value is -0.930. The van der Waals surface area contributed by atoms with E-state index < -0.39 is 0 Å². The van der Waals surface area contributed by atoms with E-state index >= 15 is 0 Å². The van der Waals surface area contributed by atoms with Gasteiger partial charge in [-0.25, -0.2) is 0 Å². The second-order valence-corrected chi connectivity index (χ2v) is 5.38. The molecule has 0 radical (unpaired) electrons. The van der Waals surface area contributed by atoms with Crippen molar-refractivity contribution in [3.63, 3.8) is 0 Å². The number of benzene rings is 1. The van der Waals surface area contributed by atoms with Crippen molar-refractivity contribution >= 4 is 11.6 Å². The van der Waals surface area contributed by atoms with E-state index in [2.05, 4.69) is 25.7 Å². The molecule has 0 heterocycles. The molecule has 0 saturated carbocycles. The molecule has 1 aromatic carbocycles. The van der Waals surface area contributed by atoms with E-state index in [0.29, 0.717) is 16.7 Å². The van der Waals surface area contributed by atoms with Crippen molar-refractivity contribution in [3.8, 4) is 11.5 Å². The van der Waals surface area contributed by atoms with Gasteiger partial charge < -0.3 is 9.84 Å². The van der Waals surface area contributed by atoms with Gasteiger partial charge in [0.05, 0.1) is 12.1 Å². The molecule has 0 bridgehead atoms. The average Bonchev–Trinajstić information content (AvgIpc) is 2.41. The Balaban J connectivity index is 2.82. The number of halogens is 1. The van der Waals surface area contributed by atoms with Crippen molar-refractivity contribution in [2.45, 2.75) is 33.7 Å². The molecule has 1 N–H and O–H groups in total. The number of rotatable bonds is 7. The van der Waals surface area contributed by atoms with Gasteiger partial charge in [0.1, 0.15) is 0 Å². The molecule has 1 unspecified atom stereocenters. The Morgan fingerprint density at radius 1 is 1.37 bits per heavy atom. The normalized spacial score (nSPS) is 12.7. The molecule has 0 spiro atoms. The summed E-state index contributed by atoms with van der Waals surface area (Å²) >= 11 is 6.01. The topological polar surface area (TPSA) is 32.7 Å². The lowest BCUT2D eigenvalue weighted by molar-refractivity contribution is 0.237. The number of aromatic hydroxyl groups is 1. The minimum Gasteiger partial charge on any atom is -0.503 e. The van der Waals surface area contributed by atoms with Crippen molar-refractivity contribution in [1.29, 1.82) is 0 Å². The lowest BCUT2D eigenvalue weighted by Gasteiger charge is -2.24. The molecule has 4 heteroatoms. The first-order valence-electron chi connectivity index (χ1n) is 6.79. The van der Waals surface area contributed by atoms with E-state index in [1.807, 2.05) is 6.07 Å². The van der Waals surface area contributed by atoms with Crippen LogP contribution >= 0.6 is 11.6 Å². The third kappa shape index (κ3) is 4.59. The zero-order valence-corrected chi connectivity index (χ0v) is 13.0. The first-order valence-corrected chi connectivity index (χ1v) is 7.17. The van der Waals surface area contributed by atoms with Gasteiger partial charge >= 0.3 is 0 Å². The van der Waals surface area contributed by atoms with Crippen molar-refractivity contribution in [2.24, 2.45) is 5.92 Å². The van der Waals surface area contributed by atoms with Crippen LogP contribution < -0.4 is 4.74 Å². The fraction of sp³-hybridized carbons (Fsp3) is 0.600. The molecule has 3 nitrogen and oxygen atoms in total. The van der Waals surface area contributed by atoms with Crippen molar-refractivity contribution in [3.05, 3.63) is 22.7 Å². The third-order valence-corrected chi connectivity index (χ3v) is 3.72. The Labute approximate surface area is 121 Å². The van der Waals surface area contributed by atoms with Gasteiger partial charge in [0, 0.05) is 13.1 Å². The van der Waals surface area contributed by atoms with Crippen LogP contribution in [0.2, 0.25) is 5.02 Å². The number of hydrogen-bond acceptors (Lipinski definition) is 3. The molecule has 0 fully saturated rings. The van der Waals surface area contributed by atoms with E-state index in [0.717, 1.165) is 25.2 Å². The highest BCUT2D eigenvalue weighted by atomic mass is 35.5. The minimum absolute atomic E-state index is 0.0119. The zero-order chi connectivity index (χ0) is 14.4.